The molecule has 0 saturated heterocycles. The summed E-state index contributed by atoms with van der Waals surface area (Å²) in [6, 6.07) is 13.4. The second-order valence-electron chi connectivity index (χ2n) is 6.50. The number of halogens is 2. The fraction of sp³-hybridized carbons (Fsp3) is 0.300. The molecule has 0 spiro atoms. The van der Waals surface area contributed by atoms with Crippen molar-refractivity contribution in [3.63, 3.8) is 0 Å². The van der Waals surface area contributed by atoms with Gasteiger partial charge in [0.2, 0.25) is 12.1 Å². The standard InChI is InChI=1S/C20H20Cl2N2O2/c21-17-9-5-15(6-10-17)13-23(25)19-3-1-2-4-20(19)24(26)14-16-7-11-18(22)12-8-16/h5-14,19-20H,1-4H2/b23-13-,24-14+/t19-,20-/m0/s1. The predicted molar refractivity (Wildman–Crippen MR) is 107 cm³/mol. The molecule has 136 valence electrons. The first kappa shape index (κ1) is 18.7. The summed E-state index contributed by atoms with van der Waals surface area (Å²) < 4.78 is 1.85. The van der Waals surface area contributed by atoms with Gasteiger partial charge in [-0.05, 0) is 61.4 Å². The van der Waals surface area contributed by atoms with Crippen molar-refractivity contribution in [1.82, 2.24) is 0 Å². The molecular formula is C20H20Cl2N2O2. The monoisotopic (exact) mass is 390 g/mol. The van der Waals surface area contributed by atoms with Gasteiger partial charge in [0.05, 0.1) is 0 Å². The summed E-state index contributed by atoms with van der Waals surface area (Å²) in [7, 11) is 0. The van der Waals surface area contributed by atoms with Gasteiger partial charge in [0.15, 0.2) is 12.4 Å². The molecule has 4 nitrogen and oxygen atoms in total. The summed E-state index contributed by atoms with van der Waals surface area (Å²) in [5.74, 6) is 0. The third kappa shape index (κ3) is 4.77. The Morgan fingerprint density at radius 3 is 1.38 bits per heavy atom. The lowest BCUT2D eigenvalue weighted by molar-refractivity contribution is -0.598. The van der Waals surface area contributed by atoms with Crippen LogP contribution in [0.4, 0.5) is 0 Å². The lowest BCUT2D eigenvalue weighted by Gasteiger charge is -2.28. The van der Waals surface area contributed by atoms with E-state index < -0.39 is 0 Å². The van der Waals surface area contributed by atoms with E-state index in [-0.39, 0.29) is 12.1 Å². The number of rotatable bonds is 4. The molecule has 1 saturated carbocycles. The van der Waals surface area contributed by atoms with Gasteiger partial charge in [0.25, 0.3) is 0 Å². The highest BCUT2D eigenvalue weighted by molar-refractivity contribution is 6.30. The van der Waals surface area contributed by atoms with Gasteiger partial charge in [0, 0.05) is 34.0 Å². The Balaban J connectivity index is 1.82. The van der Waals surface area contributed by atoms with Crippen molar-refractivity contribution in [2.24, 2.45) is 0 Å². The van der Waals surface area contributed by atoms with E-state index in [2.05, 4.69) is 0 Å². The maximum Gasteiger partial charge on any atom is 0.224 e. The minimum Gasteiger partial charge on any atom is -0.623 e. The Bertz CT molecular complexity index is 732. The van der Waals surface area contributed by atoms with Crippen LogP contribution in [-0.4, -0.2) is 34.0 Å². The molecule has 26 heavy (non-hydrogen) atoms. The van der Waals surface area contributed by atoms with E-state index in [0.29, 0.717) is 22.9 Å². The lowest BCUT2D eigenvalue weighted by Crippen LogP contribution is -2.44. The van der Waals surface area contributed by atoms with Crippen molar-refractivity contribution in [3.05, 3.63) is 80.1 Å². The van der Waals surface area contributed by atoms with E-state index in [1.54, 1.807) is 48.5 Å². The highest BCUT2D eigenvalue weighted by atomic mass is 35.5. The minimum atomic E-state index is -0.375. The van der Waals surface area contributed by atoms with E-state index >= 15 is 0 Å². The van der Waals surface area contributed by atoms with E-state index in [4.69, 9.17) is 23.2 Å². The van der Waals surface area contributed by atoms with Gasteiger partial charge in [-0.25, -0.2) is 9.48 Å². The fourth-order valence-corrected chi connectivity index (χ4v) is 3.52. The third-order valence-electron chi connectivity index (χ3n) is 4.64. The molecular weight excluding hydrogens is 371 g/mol. The van der Waals surface area contributed by atoms with Crippen LogP contribution < -0.4 is 0 Å². The quantitative estimate of drug-likeness (QED) is 0.323. The van der Waals surface area contributed by atoms with E-state index in [9.17, 15) is 10.4 Å². The third-order valence-corrected chi connectivity index (χ3v) is 5.14. The Morgan fingerprint density at radius 2 is 1.04 bits per heavy atom. The molecule has 1 aliphatic carbocycles. The maximum absolute atomic E-state index is 12.7. The van der Waals surface area contributed by atoms with Gasteiger partial charge in [-0.1, -0.05) is 23.2 Å². The van der Waals surface area contributed by atoms with Crippen LogP contribution in [0.3, 0.4) is 0 Å². The average molecular weight is 391 g/mol. The summed E-state index contributed by atoms with van der Waals surface area (Å²) >= 11 is 11.8. The summed E-state index contributed by atoms with van der Waals surface area (Å²) in [6.07, 6.45) is 6.37. The molecule has 2 aromatic carbocycles. The topological polar surface area (TPSA) is 52.1 Å². The van der Waals surface area contributed by atoms with E-state index in [0.717, 1.165) is 33.4 Å². The zero-order valence-corrected chi connectivity index (χ0v) is 15.7. The zero-order chi connectivity index (χ0) is 18.5. The first-order valence-electron chi connectivity index (χ1n) is 8.65. The van der Waals surface area contributed by atoms with Gasteiger partial charge in [-0.15, -0.1) is 0 Å². The lowest BCUT2D eigenvalue weighted by atomic mass is 9.90. The van der Waals surface area contributed by atoms with Crippen LogP contribution in [-0.2, 0) is 0 Å². The van der Waals surface area contributed by atoms with Crippen LogP contribution in [0.1, 0.15) is 36.8 Å². The molecule has 0 aromatic heterocycles. The van der Waals surface area contributed by atoms with Crippen LogP contribution in [0.2, 0.25) is 10.0 Å². The molecule has 0 amide bonds. The molecule has 0 N–H and O–H groups in total. The number of nitrogens with zero attached hydrogens (tertiary/aromatic N) is 2. The first-order valence-corrected chi connectivity index (χ1v) is 9.40. The van der Waals surface area contributed by atoms with Gasteiger partial charge < -0.3 is 10.4 Å². The molecule has 1 fully saturated rings. The van der Waals surface area contributed by atoms with Crippen molar-refractivity contribution in [3.8, 4) is 0 Å². The van der Waals surface area contributed by atoms with Gasteiger partial charge >= 0.3 is 0 Å². The summed E-state index contributed by atoms with van der Waals surface area (Å²) in [5.41, 5.74) is 1.54. The molecule has 1 aliphatic rings. The number of hydrogen-bond donors (Lipinski definition) is 0. The number of hydroxylamine groups is 2. The highest BCUT2D eigenvalue weighted by Crippen LogP contribution is 2.23. The van der Waals surface area contributed by atoms with Crippen molar-refractivity contribution in [1.29, 1.82) is 0 Å². The molecule has 0 bridgehead atoms. The molecule has 6 heteroatoms. The van der Waals surface area contributed by atoms with E-state index in [1.807, 2.05) is 0 Å². The Kier molecular flexibility index (Phi) is 6.17. The molecule has 3 rings (SSSR count). The Labute approximate surface area is 163 Å². The van der Waals surface area contributed by atoms with Gasteiger partial charge in [-0.3, -0.25) is 0 Å². The van der Waals surface area contributed by atoms with Crippen LogP contribution in [0.15, 0.2) is 48.5 Å². The highest BCUT2D eigenvalue weighted by Gasteiger charge is 2.37. The van der Waals surface area contributed by atoms with Crippen LogP contribution in [0.5, 0.6) is 0 Å². The summed E-state index contributed by atoms with van der Waals surface area (Å²) in [4.78, 5) is 0. The largest absolute Gasteiger partial charge is 0.623 e. The Hall–Kier alpha value is -2.04. The van der Waals surface area contributed by atoms with Crippen molar-refractivity contribution >= 4 is 35.6 Å². The second-order valence-corrected chi connectivity index (χ2v) is 7.37. The Morgan fingerprint density at radius 1 is 0.692 bits per heavy atom. The SMILES string of the molecule is [O-]/[N+](=C\c1ccc(Cl)cc1)[C@H]1CCCC[C@@H]1/[N+]([O-])=C\c1ccc(Cl)cc1. The van der Waals surface area contributed by atoms with Gasteiger partial charge in [0.1, 0.15) is 0 Å². The zero-order valence-electron chi connectivity index (χ0n) is 14.2. The minimum absolute atomic E-state index is 0.375. The smallest absolute Gasteiger partial charge is 0.224 e. The number of benzene rings is 2. The summed E-state index contributed by atoms with van der Waals surface area (Å²) in [5, 5.41) is 26.6. The van der Waals surface area contributed by atoms with Crippen LogP contribution in [0, 0.1) is 10.4 Å². The number of hydrogen-bond acceptors (Lipinski definition) is 2. The molecule has 0 radical (unpaired) electrons. The molecule has 2 aromatic rings. The molecule has 0 unspecified atom stereocenters. The predicted octanol–water partition coefficient (Wildman–Crippen LogP) is 4.86. The van der Waals surface area contributed by atoms with Crippen molar-refractivity contribution in [2.75, 3.05) is 0 Å². The van der Waals surface area contributed by atoms with E-state index in [1.165, 1.54) is 12.4 Å². The van der Waals surface area contributed by atoms with Crippen LogP contribution >= 0.6 is 23.2 Å². The summed E-state index contributed by atoms with van der Waals surface area (Å²) in [6.45, 7) is 0. The molecule has 0 heterocycles. The normalized spacial score (nSPS) is 21.6. The first-order chi connectivity index (χ1) is 12.5. The fourth-order valence-electron chi connectivity index (χ4n) is 3.27. The van der Waals surface area contributed by atoms with Crippen molar-refractivity contribution in [2.45, 2.75) is 37.8 Å². The average Bonchev–Trinajstić information content (AvgIpc) is 2.65. The second kappa shape index (κ2) is 8.56. The van der Waals surface area contributed by atoms with Crippen molar-refractivity contribution < 1.29 is 9.48 Å². The van der Waals surface area contributed by atoms with Gasteiger partial charge in [-0.2, -0.15) is 0 Å². The molecule has 0 aliphatic heterocycles. The van der Waals surface area contributed by atoms with Crippen LogP contribution in [0.25, 0.3) is 0 Å². The maximum atomic E-state index is 12.7. The molecule has 2 atom stereocenters.